The lowest BCUT2D eigenvalue weighted by Crippen LogP contribution is -2.35. The van der Waals surface area contributed by atoms with Crippen LogP contribution in [0.4, 0.5) is 5.69 Å². The molecule has 1 N–H and O–H groups in total. The van der Waals surface area contributed by atoms with Crippen LogP contribution < -0.4 is 23.7 Å². The lowest BCUT2D eigenvalue weighted by Gasteiger charge is -2.36. The molecule has 0 spiro atoms. The van der Waals surface area contributed by atoms with Crippen molar-refractivity contribution in [1.29, 1.82) is 0 Å². The first-order valence-corrected chi connectivity index (χ1v) is 13.5. The molecule has 0 saturated heterocycles. The van der Waals surface area contributed by atoms with E-state index < -0.39 is 5.91 Å². The molecule has 0 aliphatic carbocycles. The van der Waals surface area contributed by atoms with Crippen LogP contribution >= 0.6 is 0 Å². The van der Waals surface area contributed by atoms with Crippen LogP contribution in [-0.4, -0.2) is 62.1 Å². The number of aromatic hydroxyl groups is 1. The van der Waals surface area contributed by atoms with E-state index in [0.29, 0.717) is 40.8 Å². The molecule has 1 amide bonds. The summed E-state index contributed by atoms with van der Waals surface area (Å²) in [5, 5.41) is 19.9. The molecule has 2 heterocycles. The number of carbonyl (C=O) groups is 1. The second kappa shape index (κ2) is 12.4. The maximum Gasteiger partial charge on any atom is 0.302 e. The van der Waals surface area contributed by atoms with Gasteiger partial charge in [-0.3, -0.25) is 14.3 Å². The number of nitrogens with zero attached hydrogens (tertiary/aromatic N) is 4. The fraction of sp³-hybridized carbons (Fsp3) is 0.323. The van der Waals surface area contributed by atoms with Gasteiger partial charge in [-0.25, -0.2) is 0 Å². The molecular formula is C31H34N4O7. The van der Waals surface area contributed by atoms with E-state index in [0.717, 1.165) is 24.0 Å². The first-order chi connectivity index (χ1) is 20.4. The van der Waals surface area contributed by atoms with Gasteiger partial charge in [-0.15, -0.1) is 10.2 Å². The number of hydrogen-bond donors (Lipinski definition) is 1. The minimum Gasteiger partial charge on any atom is -0.493 e. The number of fused-ring (bicyclic) bond motifs is 2. The van der Waals surface area contributed by atoms with Crippen molar-refractivity contribution in [3.63, 3.8) is 0 Å². The molecule has 4 aromatic rings. The molecular weight excluding hydrogens is 540 g/mol. The van der Waals surface area contributed by atoms with E-state index in [1.807, 2.05) is 36.4 Å². The van der Waals surface area contributed by atoms with Crippen LogP contribution in [-0.2, 0) is 17.9 Å². The summed E-state index contributed by atoms with van der Waals surface area (Å²) in [6.45, 7) is 2.98. The second-order valence-corrected chi connectivity index (χ2v) is 9.80. The SMILES string of the molecule is COc1ccc(OCC(=O)N=Nc2c(O)n(CN3CCc4cc(OC)c(OC)cc4[C@H]3C)c3ccccc23)cc1OC. The fourth-order valence-electron chi connectivity index (χ4n) is 5.27. The minimum atomic E-state index is -0.605. The molecule has 3 aromatic carbocycles. The normalized spacial score (nSPS) is 15.0. The Balaban J connectivity index is 1.35. The lowest BCUT2D eigenvalue weighted by atomic mass is 9.93. The highest BCUT2D eigenvalue weighted by Crippen LogP contribution is 2.42. The van der Waals surface area contributed by atoms with Crippen LogP contribution in [0.2, 0.25) is 0 Å². The third-order valence-corrected chi connectivity index (χ3v) is 7.53. The molecule has 5 rings (SSSR count). The van der Waals surface area contributed by atoms with E-state index >= 15 is 0 Å². The lowest BCUT2D eigenvalue weighted by molar-refractivity contribution is -0.120. The average molecular weight is 575 g/mol. The first-order valence-electron chi connectivity index (χ1n) is 13.5. The van der Waals surface area contributed by atoms with E-state index in [2.05, 4.69) is 22.1 Å². The molecule has 42 heavy (non-hydrogen) atoms. The third-order valence-electron chi connectivity index (χ3n) is 7.53. The predicted octanol–water partition coefficient (Wildman–Crippen LogP) is 5.65. The predicted molar refractivity (Wildman–Crippen MR) is 157 cm³/mol. The monoisotopic (exact) mass is 574 g/mol. The molecule has 1 atom stereocenters. The van der Waals surface area contributed by atoms with Crippen LogP contribution in [0.5, 0.6) is 34.6 Å². The highest BCUT2D eigenvalue weighted by atomic mass is 16.5. The summed E-state index contributed by atoms with van der Waals surface area (Å²) in [5.41, 5.74) is 3.36. The summed E-state index contributed by atoms with van der Waals surface area (Å²) in [6, 6.07) is 16.6. The Labute approximate surface area is 243 Å². The maximum atomic E-state index is 12.5. The number of para-hydroxylation sites is 1. The Kier molecular flexibility index (Phi) is 8.48. The van der Waals surface area contributed by atoms with E-state index in [4.69, 9.17) is 23.7 Å². The number of azo groups is 1. The molecule has 11 heteroatoms. The summed E-state index contributed by atoms with van der Waals surface area (Å²) in [7, 11) is 6.32. The quantitative estimate of drug-likeness (QED) is 0.242. The number of benzene rings is 3. The second-order valence-electron chi connectivity index (χ2n) is 9.80. The van der Waals surface area contributed by atoms with Crippen LogP contribution in [0.15, 0.2) is 64.8 Å². The molecule has 0 fully saturated rings. The number of ether oxygens (including phenoxy) is 5. The van der Waals surface area contributed by atoms with Gasteiger partial charge < -0.3 is 28.8 Å². The van der Waals surface area contributed by atoms with Crippen LogP contribution in [0.25, 0.3) is 10.9 Å². The van der Waals surface area contributed by atoms with Gasteiger partial charge >= 0.3 is 5.91 Å². The van der Waals surface area contributed by atoms with Crippen molar-refractivity contribution in [2.75, 3.05) is 41.6 Å². The van der Waals surface area contributed by atoms with Crippen molar-refractivity contribution in [3.8, 4) is 34.6 Å². The zero-order valence-corrected chi connectivity index (χ0v) is 24.3. The molecule has 11 nitrogen and oxygen atoms in total. The summed E-state index contributed by atoms with van der Waals surface area (Å²) >= 11 is 0. The van der Waals surface area contributed by atoms with Crippen LogP contribution in [0.3, 0.4) is 0 Å². The Bertz CT molecular complexity index is 1630. The summed E-state index contributed by atoms with van der Waals surface area (Å²) in [4.78, 5) is 14.8. The van der Waals surface area contributed by atoms with Gasteiger partial charge in [0.05, 0.1) is 40.6 Å². The highest BCUT2D eigenvalue weighted by molar-refractivity contribution is 5.95. The molecule has 1 aliphatic heterocycles. The average Bonchev–Trinajstić information content (AvgIpc) is 3.29. The highest BCUT2D eigenvalue weighted by Gasteiger charge is 2.28. The van der Waals surface area contributed by atoms with Gasteiger partial charge in [-0.2, -0.15) is 0 Å². The van der Waals surface area contributed by atoms with Crippen molar-refractivity contribution in [3.05, 3.63) is 65.7 Å². The van der Waals surface area contributed by atoms with Crippen molar-refractivity contribution < 1.29 is 33.6 Å². The van der Waals surface area contributed by atoms with Gasteiger partial charge in [0.1, 0.15) is 5.75 Å². The van der Waals surface area contributed by atoms with E-state index in [-0.39, 0.29) is 24.2 Å². The van der Waals surface area contributed by atoms with E-state index in [9.17, 15) is 9.90 Å². The van der Waals surface area contributed by atoms with Crippen molar-refractivity contribution in [1.82, 2.24) is 9.47 Å². The molecule has 0 unspecified atom stereocenters. The largest absolute Gasteiger partial charge is 0.493 e. The summed E-state index contributed by atoms with van der Waals surface area (Å²) in [6.07, 6.45) is 0.821. The van der Waals surface area contributed by atoms with Gasteiger partial charge in [0.25, 0.3) is 0 Å². The number of rotatable bonds is 10. The van der Waals surface area contributed by atoms with Crippen LogP contribution in [0.1, 0.15) is 24.1 Å². The number of methoxy groups -OCH3 is 4. The number of carbonyl (C=O) groups excluding carboxylic acids is 1. The smallest absolute Gasteiger partial charge is 0.302 e. The summed E-state index contributed by atoms with van der Waals surface area (Å²) in [5.74, 6) is 2.17. The molecule has 0 bridgehead atoms. The molecule has 220 valence electrons. The standard InChI is InChI=1S/C31H34N4O7/c1-19-23-16-28(41-5)26(39-3)14-20(23)12-13-34(19)18-35-24-9-7-6-8-22(24)30(31(35)37)33-32-29(36)17-42-21-10-11-25(38-2)27(15-21)40-4/h6-11,14-16,19,37H,12-13,17-18H2,1-5H3/t19-/m1/s1. The Morgan fingerprint density at radius 2 is 1.62 bits per heavy atom. The molecule has 0 radical (unpaired) electrons. The topological polar surface area (TPSA) is 116 Å². The summed E-state index contributed by atoms with van der Waals surface area (Å²) < 4.78 is 28.9. The molecule has 1 aromatic heterocycles. The number of aromatic nitrogens is 1. The zero-order chi connectivity index (χ0) is 29.8. The van der Waals surface area contributed by atoms with Gasteiger partial charge in [0.15, 0.2) is 35.3 Å². The van der Waals surface area contributed by atoms with Crippen LogP contribution in [0, 0.1) is 0 Å². The Morgan fingerprint density at radius 3 is 2.36 bits per heavy atom. The van der Waals surface area contributed by atoms with Gasteiger partial charge in [-0.05, 0) is 54.8 Å². The zero-order valence-electron chi connectivity index (χ0n) is 24.3. The Hall–Kier alpha value is -4.77. The fourth-order valence-corrected chi connectivity index (χ4v) is 5.27. The number of amides is 1. The van der Waals surface area contributed by atoms with Gasteiger partial charge in [0, 0.05) is 24.0 Å². The molecule has 0 saturated carbocycles. The van der Waals surface area contributed by atoms with Gasteiger partial charge in [-0.1, -0.05) is 18.2 Å². The van der Waals surface area contributed by atoms with Gasteiger partial charge in [0.2, 0.25) is 5.88 Å². The number of hydrogen-bond acceptors (Lipinski definition) is 9. The Morgan fingerprint density at radius 1 is 0.929 bits per heavy atom. The molecule has 1 aliphatic rings. The minimum absolute atomic E-state index is 0.0505. The third kappa shape index (κ3) is 5.55. The van der Waals surface area contributed by atoms with Crippen molar-refractivity contribution >= 4 is 22.5 Å². The maximum absolute atomic E-state index is 12.5. The first kappa shape index (κ1) is 28.7. The van der Waals surface area contributed by atoms with Crippen molar-refractivity contribution in [2.24, 2.45) is 10.2 Å². The van der Waals surface area contributed by atoms with E-state index in [1.165, 1.54) is 19.8 Å². The van der Waals surface area contributed by atoms with Crippen molar-refractivity contribution in [2.45, 2.75) is 26.1 Å². The van der Waals surface area contributed by atoms with E-state index in [1.54, 1.807) is 37.0 Å².